The Morgan fingerprint density at radius 1 is 1.43 bits per heavy atom. The number of rotatable bonds is 2. The molecule has 2 atom stereocenters. The standard InChI is InChI=1S/C16H17FN2O2/c1-10-14(5-6-18-10)16(21)19-9-13(20)8-15(19)11-3-2-4-12(17)7-11/h2-7,13,15,18,20H,8-9H2,1H3. The molecule has 1 aromatic heterocycles. The van der Waals surface area contributed by atoms with Crippen molar-refractivity contribution in [2.24, 2.45) is 0 Å². The van der Waals surface area contributed by atoms with Crippen LogP contribution in [0.25, 0.3) is 0 Å². The second-order valence-corrected chi connectivity index (χ2v) is 5.43. The summed E-state index contributed by atoms with van der Waals surface area (Å²) in [6.07, 6.45) is 1.56. The third-order valence-corrected chi connectivity index (χ3v) is 3.96. The summed E-state index contributed by atoms with van der Waals surface area (Å²) in [7, 11) is 0. The highest BCUT2D eigenvalue weighted by Crippen LogP contribution is 2.33. The summed E-state index contributed by atoms with van der Waals surface area (Å²) in [6, 6.07) is 7.64. The van der Waals surface area contributed by atoms with E-state index in [9.17, 15) is 14.3 Å². The van der Waals surface area contributed by atoms with Gasteiger partial charge in [-0.25, -0.2) is 4.39 Å². The van der Waals surface area contributed by atoms with Gasteiger partial charge in [0.2, 0.25) is 0 Å². The predicted molar refractivity (Wildman–Crippen MR) is 76.3 cm³/mol. The van der Waals surface area contributed by atoms with E-state index in [4.69, 9.17) is 0 Å². The van der Waals surface area contributed by atoms with Crippen LogP contribution in [0, 0.1) is 12.7 Å². The van der Waals surface area contributed by atoms with Crippen LogP contribution in [-0.2, 0) is 0 Å². The molecule has 0 bridgehead atoms. The second-order valence-electron chi connectivity index (χ2n) is 5.43. The van der Waals surface area contributed by atoms with E-state index in [2.05, 4.69) is 4.98 Å². The zero-order valence-corrected chi connectivity index (χ0v) is 11.7. The molecule has 3 rings (SSSR count). The first-order chi connectivity index (χ1) is 10.1. The highest BCUT2D eigenvalue weighted by Gasteiger charge is 2.36. The molecule has 1 saturated heterocycles. The lowest BCUT2D eigenvalue weighted by Crippen LogP contribution is -2.32. The molecular weight excluding hydrogens is 271 g/mol. The lowest BCUT2D eigenvalue weighted by atomic mass is 10.0. The number of carbonyl (C=O) groups is 1. The van der Waals surface area contributed by atoms with Crippen molar-refractivity contribution in [1.82, 2.24) is 9.88 Å². The normalized spacial score (nSPS) is 21.8. The average Bonchev–Trinajstić information content (AvgIpc) is 3.04. The van der Waals surface area contributed by atoms with Gasteiger partial charge in [0.25, 0.3) is 5.91 Å². The molecule has 110 valence electrons. The molecule has 0 spiro atoms. The number of nitrogens with one attached hydrogen (secondary N) is 1. The van der Waals surface area contributed by atoms with E-state index in [-0.39, 0.29) is 24.3 Å². The van der Waals surface area contributed by atoms with E-state index >= 15 is 0 Å². The number of hydrogen-bond donors (Lipinski definition) is 2. The first kappa shape index (κ1) is 13.8. The smallest absolute Gasteiger partial charge is 0.256 e. The van der Waals surface area contributed by atoms with E-state index < -0.39 is 6.10 Å². The molecule has 0 saturated carbocycles. The van der Waals surface area contributed by atoms with Crippen molar-refractivity contribution in [3.05, 3.63) is 59.2 Å². The minimum atomic E-state index is -0.582. The molecule has 1 aromatic carbocycles. The highest BCUT2D eigenvalue weighted by atomic mass is 19.1. The van der Waals surface area contributed by atoms with Crippen molar-refractivity contribution in [2.75, 3.05) is 6.54 Å². The number of aliphatic hydroxyl groups excluding tert-OH is 1. The summed E-state index contributed by atoms with van der Waals surface area (Å²) in [5, 5.41) is 9.92. The minimum Gasteiger partial charge on any atom is -0.391 e. The van der Waals surface area contributed by atoms with Crippen molar-refractivity contribution in [1.29, 1.82) is 0 Å². The van der Waals surface area contributed by atoms with Gasteiger partial charge in [0.15, 0.2) is 0 Å². The van der Waals surface area contributed by atoms with Gasteiger partial charge in [-0.2, -0.15) is 0 Å². The molecule has 0 radical (unpaired) electrons. The molecule has 21 heavy (non-hydrogen) atoms. The molecule has 2 unspecified atom stereocenters. The number of aromatic nitrogens is 1. The first-order valence-corrected chi connectivity index (χ1v) is 6.94. The van der Waals surface area contributed by atoms with Crippen molar-refractivity contribution in [2.45, 2.75) is 25.5 Å². The van der Waals surface area contributed by atoms with E-state index in [1.165, 1.54) is 12.1 Å². The SMILES string of the molecule is Cc1[nH]ccc1C(=O)N1CC(O)CC1c1cccc(F)c1. The maximum absolute atomic E-state index is 13.4. The maximum atomic E-state index is 13.4. The molecule has 1 fully saturated rings. The Morgan fingerprint density at radius 2 is 2.24 bits per heavy atom. The monoisotopic (exact) mass is 288 g/mol. The van der Waals surface area contributed by atoms with Crippen LogP contribution in [0.4, 0.5) is 4.39 Å². The number of aliphatic hydroxyl groups is 1. The summed E-state index contributed by atoms with van der Waals surface area (Å²) in [5.41, 5.74) is 2.10. The van der Waals surface area contributed by atoms with Gasteiger partial charge >= 0.3 is 0 Å². The summed E-state index contributed by atoms with van der Waals surface area (Å²) < 4.78 is 13.4. The number of amides is 1. The second kappa shape index (κ2) is 5.33. The van der Waals surface area contributed by atoms with E-state index in [0.717, 1.165) is 5.69 Å². The Labute approximate surface area is 122 Å². The molecule has 2 aromatic rings. The minimum absolute atomic E-state index is 0.139. The van der Waals surface area contributed by atoms with Gasteiger partial charge in [-0.05, 0) is 37.1 Å². The number of halogens is 1. The topological polar surface area (TPSA) is 56.3 Å². The van der Waals surface area contributed by atoms with Crippen LogP contribution in [0.5, 0.6) is 0 Å². The number of benzene rings is 1. The van der Waals surface area contributed by atoms with E-state index in [1.54, 1.807) is 29.3 Å². The van der Waals surface area contributed by atoms with E-state index in [1.807, 2.05) is 6.92 Å². The van der Waals surface area contributed by atoms with Crippen LogP contribution >= 0.6 is 0 Å². The lowest BCUT2D eigenvalue weighted by Gasteiger charge is -2.24. The quantitative estimate of drug-likeness (QED) is 0.891. The number of aryl methyl sites for hydroxylation is 1. The van der Waals surface area contributed by atoms with Gasteiger partial charge in [0.1, 0.15) is 5.82 Å². The molecule has 2 heterocycles. The number of hydrogen-bond acceptors (Lipinski definition) is 2. The summed E-state index contributed by atoms with van der Waals surface area (Å²) in [6.45, 7) is 2.10. The molecule has 0 aliphatic carbocycles. The number of likely N-dealkylation sites (tertiary alicyclic amines) is 1. The molecule has 2 N–H and O–H groups in total. The fraction of sp³-hybridized carbons (Fsp3) is 0.312. The fourth-order valence-corrected chi connectivity index (χ4v) is 2.91. The molecule has 1 amide bonds. The van der Waals surface area contributed by atoms with Gasteiger partial charge in [-0.15, -0.1) is 0 Å². The third-order valence-electron chi connectivity index (χ3n) is 3.96. The number of β-amino-alcohol motifs (C(OH)–C–C–N with tert-alkyl or cyclic N) is 1. The molecule has 1 aliphatic rings. The summed E-state index contributed by atoms with van der Waals surface area (Å²) in [5.74, 6) is -0.473. The summed E-state index contributed by atoms with van der Waals surface area (Å²) >= 11 is 0. The Morgan fingerprint density at radius 3 is 2.90 bits per heavy atom. The molecule has 5 heteroatoms. The third kappa shape index (κ3) is 2.56. The zero-order valence-electron chi connectivity index (χ0n) is 11.7. The number of carbonyl (C=O) groups excluding carboxylic acids is 1. The van der Waals surface area contributed by atoms with Gasteiger partial charge in [-0.1, -0.05) is 12.1 Å². The van der Waals surface area contributed by atoms with Crippen molar-refractivity contribution < 1.29 is 14.3 Å². The van der Waals surface area contributed by atoms with Crippen molar-refractivity contribution in [3.8, 4) is 0 Å². The average molecular weight is 288 g/mol. The van der Waals surface area contributed by atoms with Gasteiger partial charge in [-0.3, -0.25) is 4.79 Å². The van der Waals surface area contributed by atoms with Gasteiger partial charge in [0.05, 0.1) is 17.7 Å². The highest BCUT2D eigenvalue weighted by molar-refractivity contribution is 5.95. The molecule has 1 aliphatic heterocycles. The first-order valence-electron chi connectivity index (χ1n) is 6.94. The van der Waals surface area contributed by atoms with Crippen molar-refractivity contribution in [3.63, 3.8) is 0 Å². The van der Waals surface area contributed by atoms with Crippen LogP contribution < -0.4 is 0 Å². The number of nitrogens with zero attached hydrogens (tertiary/aromatic N) is 1. The summed E-state index contributed by atoms with van der Waals surface area (Å²) in [4.78, 5) is 17.2. The van der Waals surface area contributed by atoms with Crippen LogP contribution in [0.3, 0.4) is 0 Å². The molecule has 4 nitrogen and oxygen atoms in total. The zero-order chi connectivity index (χ0) is 15.0. The van der Waals surface area contributed by atoms with Crippen LogP contribution in [0.2, 0.25) is 0 Å². The molecular formula is C16H17FN2O2. The van der Waals surface area contributed by atoms with Crippen molar-refractivity contribution >= 4 is 5.91 Å². The fourth-order valence-electron chi connectivity index (χ4n) is 2.91. The van der Waals surface area contributed by atoms with Gasteiger partial charge < -0.3 is 15.0 Å². The number of aromatic amines is 1. The number of H-pyrrole nitrogens is 1. The van der Waals surface area contributed by atoms with Crippen LogP contribution in [-0.4, -0.2) is 33.5 Å². The Hall–Kier alpha value is -2.14. The largest absolute Gasteiger partial charge is 0.391 e. The Kier molecular flexibility index (Phi) is 3.51. The Bertz CT molecular complexity index is 668. The van der Waals surface area contributed by atoms with Crippen LogP contribution in [0.15, 0.2) is 36.5 Å². The maximum Gasteiger partial charge on any atom is 0.256 e. The predicted octanol–water partition coefficient (Wildman–Crippen LogP) is 2.41. The van der Waals surface area contributed by atoms with E-state index in [0.29, 0.717) is 17.5 Å². The van der Waals surface area contributed by atoms with Gasteiger partial charge in [0, 0.05) is 18.4 Å². The Balaban J connectivity index is 1.93. The lowest BCUT2D eigenvalue weighted by molar-refractivity contribution is 0.0715. The van der Waals surface area contributed by atoms with Crippen LogP contribution in [0.1, 0.15) is 34.1 Å².